The van der Waals surface area contributed by atoms with Gasteiger partial charge in [-0.2, -0.15) is 5.26 Å². The van der Waals surface area contributed by atoms with E-state index < -0.39 is 0 Å². The highest BCUT2D eigenvalue weighted by molar-refractivity contribution is 6.30. The first-order valence-electron chi connectivity index (χ1n) is 7.33. The van der Waals surface area contributed by atoms with Gasteiger partial charge in [-0.25, -0.2) is 0 Å². The van der Waals surface area contributed by atoms with Crippen LogP contribution in [-0.2, 0) is 0 Å². The molecule has 2 aliphatic heterocycles. The Kier molecular flexibility index (Phi) is 3.87. The van der Waals surface area contributed by atoms with E-state index in [1.54, 1.807) is 6.07 Å². The monoisotopic (exact) mass is 289 g/mol. The zero-order valence-electron chi connectivity index (χ0n) is 11.8. The summed E-state index contributed by atoms with van der Waals surface area (Å²) in [7, 11) is 2.26. The molecule has 2 atom stereocenters. The lowest BCUT2D eigenvalue weighted by molar-refractivity contribution is 0.139. The first kappa shape index (κ1) is 13.7. The van der Waals surface area contributed by atoms with Crippen LogP contribution in [0, 0.1) is 17.2 Å². The summed E-state index contributed by atoms with van der Waals surface area (Å²) in [6.07, 6.45) is 5.25. The maximum Gasteiger partial charge on any atom is 0.101 e. The summed E-state index contributed by atoms with van der Waals surface area (Å²) in [5, 5.41) is 13.2. The molecular formula is C16H20ClN3. The molecule has 0 saturated carbocycles. The first-order chi connectivity index (χ1) is 9.67. The third-order valence-corrected chi connectivity index (χ3v) is 5.11. The number of nitriles is 1. The van der Waals surface area contributed by atoms with Crippen LogP contribution >= 0.6 is 11.6 Å². The molecule has 1 aromatic carbocycles. The van der Waals surface area contributed by atoms with Gasteiger partial charge in [-0.3, -0.25) is 0 Å². The highest BCUT2D eigenvalue weighted by Gasteiger charge is 2.38. The average Bonchev–Trinajstić information content (AvgIpc) is 2.67. The Bertz CT molecular complexity index is 523. The minimum absolute atomic E-state index is 0.615. The molecule has 2 unspecified atom stereocenters. The highest BCUT2D eigenvalue weighted by atomic mass is 35.5. The van der Waals surface area contributed by atoms with Crippen LogP contribution in [0.3, 0.4) is 0 Å². The van der Waals surface area contributed by atoms with Crippen molar-refractivity contribution in [2.45, 2.75) is 37.8 Å². The van der Waals surface area contributed by atoms with E-state index in [1.807, 2.05) is 12.1 Å². The summed E-state index contributed by atoms with van der Waals surface area (Å²) >= 11 is 5.92. The number of hydrogen-bond donors (Lipinski definition) is 1. The van der Waals surface area contributed by atoms with Crippen molar-refractivity contribution >= 4 is 17.3 Å². The third-order valence-electron chi connectivity index (χ3n) is 4.88. The van der Waals surface area contributed by atoms with Gasteiger partial charge in [-0.1, -0.05) is 11.6 Å². The van der Waals surface area contributed by atoms with Crippen molar-refractivity contribution in [3.05, 3.63) is 28.8 Å². The second kappa shape index (κ2) is 5.63. The lowest BCUT2D eigenvalue weighted by atomic mass is 9.91. The number of fused-ring (bicyclic) bond motifs is 2. The normalized spacial score (nSPS) is 29.1. The Morgan fingerprint density at radius 1 is 1.35 bits per heavy atom. The van der Waals surface area contributed by atoms with Crippen molar-refractivity contribution in [1.82, 2.24) is 4.90 Å². The molecule has 0 radical (unpaired) electrons. The van der Waals surface area contributed by atoms with Crippen LogP contribution in [0.15, 0.2) is 18.2 Å². The summed E-state index contributed by atoms with van der Waals surface area (Å²) in [5.74, 6) is 0.714. The van der Waals surface area contributed by atoms with Crippen molar-refractivity contribution in [1.29, 1.82) is 5.26 Å². The van der Waals surface area contributed by atoms with Crippen molar-refractivity contribution in [3.63, 3.8) is 0 Å². The Balaban J connectivity index is 1.62. The second-order valence-corrected chi connectivity index (χ2v) is 6.51. The van der Waals surface area contributed by atoms with E-state index in [0.717, 1.165) is 24.3 Å². The molecule has 106 valence electrons. The molecule has 2 aliphatic rings. The quantitative estimate of drug-likeness (QED) is 0.926. The number of piperidine rings is 1. The Labute approximate surface area is 125 Å². The molecule has 4 heteroatoms. The van der Waals surface area contributed by atoms with Crippen molar-refractivity contribution in [3.8, 4) is 6.07 Å². The maximum atomic E-state index is 9.15. The Hall–Kier alpha value is -1.24. The van der Waals surface area contributed by atoms with E-state index in [2.05, 4.69) is 23.3 Å². The molecule has 0 spiro atoms. The summed E-state index contributed by atoms with van der Waals surface area (Å²) in [6.45, 7) is 0.956. The number of rotatable bonds is 3. The minimum Gasteiger partial charge on any atom is -0.384 e. The summed E-state index contributed by atoms with van der Waals surface area (Å²) in [5.41, 5.74) is 1.54. The van der Waals surface area contributed by atoms with E-state index in [0.29, 0.717) is 16.5 Å². The molecule has 1 aromatic rings. The van der Waals surface area contributed by atoms with Gasteiger partial charge >= 0.3 is 0 Å². The van der Waals surface area contributed by atoms with Gasteiger partial charge in [0.25, 0.3) is 0 Å². The molecule has 2 heterocycles. The molecule has 1 N–H and O–H groups in total. The highest BCUT2D eigenvalue weighted by Crippen LogP contribution is 2.37. The van der Waals surface area contributed by atoms with E-state index in [1.165, 1.54) is 25.7 Å². The van der Waals surface area contributed by atoms with Crippen LogP contribution in [-0.4, -0.2) is 30.6 Å². The topological polar surface area (TPSA) is 39.1 Å². The van der Waals surface area contributed by atoms with Crippen LogP contribution in [0.2, 0.25) is 5.02 Å². The van der Waals surface area contributed by atoms with Gasteiger partial charge in [0.2, 0.25) is 0 Å². The lowest BCUT2D eigenvalue weighted by Gasteiger charge is -2.36. The smallest absolute Gasteiger partial charge is 0.101 e. The standard InChI is InChI=1S/C16H20ClN3/c1-20-14-3-4-15(20)7-11(6-14)10-19-16-5-2-13(17)8-12(16)9-18/h2,5,8,11,14-15,19H,3-4,6-7,10H2,1H3. The molecular weight excluding hydrogens is 270 g/mol. The number of nitrogens with one attached hydrogen (secondary N) is 1. The minimum atomic E-state index is 0.615. The number of nitrogens with zero attached hydrogens (tertiary/aromatic N) is 2. The molecule has 3 rings (SSSR count). The van der Waals surface area contributed by atoms with Gasteiger partial charge in [0.05, 0.1) is 11.3 Å². The van der Waals surface area contributed by atoms with Gasteiger partial charge in [0.1, 0.15) is 6.07 Å². The maximum absolute atomic E-state index is 9.15. The Morgan fingerprint density at radius 2 is 2.05 bits per heavy atom. The zero-order chi connectivity index (χ0) is 14.1. The fourth-order valence-electron chi connectivity index (χ4n) is 3.71. The van der Waals surface area contributed by atoms with Crippen LogP contribution in [0.5, 0.6) is 0 Å². The van der Waals surface area contributed by atoms with Gasteiger partial charge in [0, 0.05) is 23.7 Å². The van der Waals surface area contributed by atoms with Crippen molar-refractivity contribution in [2.24, 2.45) is 5.92 Å². The number of anilines is 1. The average molecular weight is 290 g/mol. The fourth-order valence-corrected chi connectivity index (χ4v) is 3.88. The van der Waals surface area contributed by atoms with E-state index in [4.69, 9.17) is 16.9 Å². The lowest BCUT2D eigenvalue weighted by Crippen LogP contribution is -2.41. The van der Waals surface area contributed by atoms with Crippen molar-refractivity contribution < 1.29 is 0 Å². The van der Waals surface area contributed by atoms with E-state index >= 15 is 0 Å². The molecule has 0 aromatic heterocycles. The fraction of sp³-hybridized carbons (Fsp3) is 0.562. The van der Waals surface area contributed by atoms with Crippen LogP contribution in [0.4, 0.5) is 5.69 Å². The molecule has 2 saturated heterocycles. The van der Waals surface area contributed by atoms with Gasteiger partial charge in [-0.15, -0.1) is 0 Å². The molecule has 3 nitrogen and oxygen atoms in total. The number of hydrogen-bond acceptors (Lipinski definition) is 3. The first-order valence-corrected chi connectivity index (χ1v) is 7.70. The molecule has 0 amide bonds. The zero-order valence-corrected chi connectivity index (χ0v) is 12.5. The van der Waals surface area contributed by atoms with Crippen LogP contribution < -0.4 is 5.32 Å². The third kappa shape index (κ3) is 2.63. The molecule has 2 fully saturated rings. The predicted octanol–water partition coefficient (Wildman–Crippen LogP) is 3.50. The largest absolute Gasteiger partial charge is 0.384 e. The molecule has 20 heavy (non-hydrogen) atoms. The van der Waals surface area contributed by atoms with Crippen molar-refractivity contribution in [2.75, 3.05) is 18.9 Å². The van der Waals surface area contributed by atoms with Gasteiger partial charge < -0.3 is 10.2 Å². The summed E-state index contributed by atoms with van der Waals surface area (Å²) in [4.78, 5) is 2.56. The summed E-state index contributed by atoms with van der Waals surface area (Å²) < 4.78 is 0. The van der Waals surface area contributed by atoms with E-state index in [9.17, 15) is 0 Å². The summed E-state index contributed by atoms with van der Waals surface area (Å²) in [6, 6.07) is 9.20. The van der Waals surface area contributed by atoms with Gasteiger partial charge in [-0.05, 0) is 56.8 Å². The predicted molar refractivity (Wildman–Crippen MR) is 82.0 cm³/mol. The number of halogens is 1. The SMILES string of the molecule is CN1C2CCC1CC(CNc1ccc(Cl)cc1C#N)C2. The van der Waals surface area contributed by atoms with Crippen LogP contribution in [0.25, 0.3) is 0 Å². The molecule has 0 aliphatic carbocycles. The second-order valence-electron chi connectivity index (χ2n) is 6.07. The Morgan fingerprint density at radius 3 is 2.70 bits per heavy atom. The van der Waals surface area contributed by atoms with E-state index in [-0.39, 0.29) is 0 Å². The molecule has 2 bridgehead atoms. The van der Waals surface area contributed by atoms with Gasteiger partial charge in [0.15, 0.2) is 0 Å². The van der Waals surface area contributed by atoms with Crippen LogP contribution in [0.1, 0.15) is 31.2 Å². The number of benzene rings is 1.